The van der Waals surface area contributed by atoms with E-state index in [0.717, 1.165) is 5.56 Å². The second-order valence-electron chi connectivity index (χ2n) is 5.66. The number of hydrogen-bond acceptors (Lipinski definition) is 4. The van der Waals surface area contributed by atoms with Gasteiger partial charge in [-0.1, -0.05) is 30.3 Å². The van der Waals surface area contributed by atoms with Gasteiger partial charge in [0.25, 0.3) is 0 Å². The summed E-state index contributed by atoms with van der Waals surface area (Å²) in [7, 11) is 0. The van der Waals surface area contributed by atoms with Gasteiger partial charge in [0.1, 0.15) is 5.60 Å². The molecule has 19 heavy (non-hydrogen) atoms. The molecule has 0 bridgehead atoms. The normalized spacial score (nSPS) is 23.0. The summed E-state index contributed by atoms with van der Waals surface area (Å²) in [6.45, 7) is 5.57. The van der Waals surface area contributed by atoms with Crippen LogP contribution in [0.25, 0.3) is 0 Å². The van der Waals surface area contributed by atoms with Gasteiger partial charge in [-0.05, 0) is 26.3 Å². The van der Waals surface area contributed by atoms with Gasteiger partial charge in [0.15, 0.2) is 5.92 Å². The predicted octanol–water partition coefficient (Wildman–Crippen LogP) is 2.28. The molecule has 1 aliphatic heterocycles. The quantitative estimate of drug-likeness (QED) is 0.606. The molecule has 1 fully saturated rings. The van der Waals surface area contributed by atoms with Crippen molar-refractivity contribution in [3.05, 3.63) is 35.9 Å². The summed E-state index contributed by atoms with van der Waals surface area (Å²) in [6, 6.07) is 9.44. The molecule has 2 atom stereocenters. The Morgan fingerprint density at radius 2 is 1.89 bits per heavy atom. The molecular formula is C15H18O4. The summed E-state index contributed by atoms with van der Waals surface area (Å²) in [4.78, 5) is 23.9. The van der Waals surface area contributed by atoms with E-state index in [1.807, 2.05) is 30.3 Å². The van der Waals surface area contributed by atoms with Crippen molar-refractivity contribution in [3.8, 4) is 0 Å². The van der Waals surface area contributed by atoms with Crippen molar-refractivity contribution in [2.45, 2.75) is 32.3 Å². The lowest BCUT2D eigenvalue weighted by Gasteiger charge is -2.23. The zero-order valence-electron chi connectivity index (χ0n) is 11.4. The van der Waals surface area contributed by atoms with Gasteiger partial charge >= 0.3 is 11.9 Å². The summed E-state index contributed by atoms with van der Waals surface area (Å²) in [6.07, 6.45) is 0. The van der Waals surface area contributed by atoms with Gasteiger partial charge in [0, 0.05) is 5.92 Å². The van der Waals surface area contributed by atoms with Crippen LogP contribution in [0.2, 0.25) is 0 Å². The van der Waals surface area contributed by atoms with E-state index in [1.165, 1.54) is 0 Å². The van der Waals surface area contributed by atoms with E-state index in [-0.39, 0.29) is 12.5 Å². The Balaban J connectivity index is 2.21. The number of hydrogen-bond donors (Lipinski definition) is 0. The summed E-state index contributed by atoms with van der Waals surface area (Å²) < 4.78 is 10.3. The number of benzene rings is 1. The van der Waals surface area contributed by atoms with Crippen LogP contribution in [0.4, 0.5) is 0 Å². The van der Waals surface area contributed by atoms with Crippen LogP contribution < -0.4 is 0 Å². The molecule has 0 saturated carbocycles. The third kappa shape index (κ3) is 3.13. The molecule has 0 aromatic heterocycles. The topological polar surface area (TPSA) is 52.6 Å². The largest absolute Gasteiger partial charge is 0.464 e. The van der Waals surface area contributed by atoms with Gasteiger partial charge < -0.3 is 9.47 Å². The molecule has 1 aromatic carbocycles. The molecule has 4 heteroatoms. The number of ether oxygens (including phenoxy) is 2. The zero-order chi connectivity index (χ0) is 14.0. The second-order valence-corrected chi connectivity index (χ2v) is 5.66. The molecule has 0 N–H and O–H groups in total. The van der Waals surface area contributed by atoms with E-state index in [4.69, 9.17) is 9.47 Å². The molecule has 0 amide bonds. The predicted molar refractivity (Wildman–Crippen MR) is 69.5 cm³/mol. The van der Waals surface area contributed by atoms with Crippen LogP contribution in [-0.4, -0.2) is 24.1 Å². The highest BCUT2D eigenvalue weighted by Crippen LogP contribution is 2.33. The van der Waals surface area contributed by atoms with Crippen LogP contribution in [0.3, 0.4) is 0 Å². The Hall–Kier alpha value is -1.84. The van der Waals surface area contributed by atoms with Crippen molar-refractivity contribution >= 4 is 11.9 Å². The fourth-order valence-corrected chi connectivity index (χ4v) is 2.14. The Bertz CT molecular complexity index is 473. The molecule has 1 heterocycles. The summed E-state index contributed by atoms with van der Waals surface area (Å²) in [5, 5.41) is 0. The van der Waals surface area contributed by atoms with Crippen molar-refractivity contribution in [3.63, 3.8) is 0 Å². The van der Waals surface area contributed by atoms with E-state index in [9.17, 15) is 9.59 Å². The molecule has 0 aliphatic carbocycles. The summed E-state index contributed by atoms with van der Waals surface area (Å²) in [5.74, 6) is -2.13. The molecule has 2 rings (SSSR count). The van der Waals surface area contributed by atoms with Gasteiger partial charge in [0.05, 0.1) is 6.61 Å². The van der Waals surface area contributed by atoms with Gasteiger partial charge in [-0.3, -0.25) is 9.59 Å². The first-order chi connectivity index (χ1) is 8.88. The zero-order valence-corrected chi connectivity index (χ0v) is 11.4. The van der Waals surface area contributed by atoms with Crippen LogP contribution >= 0.6 is 0 Å². The first-order valence-electron chi connectivity index (χ1n) is 6.33. The third-order valence-electron chi connectivity index (χ3n) is 2.95. The van der Waals surface area contributed by atoms with Gasteiger partial charge in [-0.25, -0.2) is 0 Å². The number of cyclic esters (lactones) is 1. The van der Waals surface area contributed by atoms with Gasteiger partial charge in [0.2, 0.25) is 0 Å². The number of esters is 2. The lowest BCUT2D eigenvalue weighted by molar-refractivity contribution is -0.164. The van der Waals surface area contributed by atoms with Crippen LogP contribution in [0.1, 0.15) is 32.3 Å². The minimum Gasteiger partial charge on any atom is -0.464 e. The van der Waals surface area contributed by atoms with Crippen molar-refractivity contribution in [1.82, 2.24) is 0 Å². The summed E-state index contributed by atoms with van der Waals surface area (Å²) >= 11 is 0. The maximum Gasteiger partial charge on any atom is 0.321 e. The Kier molecular flexibility index (Phi) is 3.60. The van der Waals surface area contributed by atoms with Crippen LogP contribution in [0.5, 0.6) is 0 Å². The second kappa shape index (κ2) is 5.03. The van der Waals surface area contributed by atoms with Crippen molar-refractivity contribution in [1.29, 1.82) is 0 Å². The van der Waals surface area contributed by atoms with Gasteiger partial charge in [-0.15, -0.1) is 0 Å². The average Bonchev–Trinajstić information content (AvgIpc) is 2.70. The van der Waals surface area contributed by atoms with E-state index in [0.29, 0.717) is 0 Å². The van der Waals surface area contributed by atoms with Crippen molar-refractivity contribution in [2.24, 2.45) is 5.92 Å². The lowest BCUT2D eigenvalue weighted by atomic mass is 9.88. The fraction of sp³-hybridized carbons (Fsp3) is 0.467. The molecule has 2 unspecified atom stereocenters. The van der Waals surface area contributed by atoms with Crippen molar-refractivity contribution < 1.29 is 19.1 Å². The van der Waals surface area contributed by atoms with E-state index in [1.54, 1.807) is 20.8 Å². The van der Waals surface area contributed by atoms with Gasteiger partial charge in [-0.2, -0.15) is 0 Å². The minimum atomic E-state index is -0.860. The van der Waals surface area contributed by atoms with Crippen LogP contribution in [0.15, 0.2) is 30.3 Å². The monoisotopic (exact) mass is 262 g/mol. The maximum atomic E-state index is 12.1. The maximum absolute atomic E-state index is 12.1. The minimum absolute atomic E-state index is 0.229. The summed E-state index contributed by atoms with van der Waals surface area (Å²) in [5.41, 5.74) is 0.311. The molecular weight excluding hydrogens is 244 g/mol. The smallest absolute Gasteiger partial charge is 0.321 e. The highest BCUT2D eigenvalue weighted by atomic mass is 16.6. The van der Waals surface area contributed by atoms with E-state index in [2.05, 4.69) is 0 Å². The number of rotatable bonds is 2. The fourth-order valence-electron chi connectivity index (χ4n) is 2.14. The first kappa shape index (κ1) is 13.6. The van der Waals surface area contributed by atoms with Crippen molar-refractivity contribution in [2.75, 3.05) is 6.61 Å². The van der Waals surface area contributed by atoms with E-state index >= 15 is 0 Å². The molecule has 1 aliphatic rings. The first-order valence-corrected chi connectivity index (χ1v) is 6.33. The third-order valence-corrected chi connectivity index (χ3v) is 2.95. The highest BCUT2D eigenvalue weighted by molar-refractivity contribution is 5.97. The van der Waals surface area contributed by atoms with Crippen LogP contribution in [-0.2, 0) is 19.1 Å². The standard InChI is InChI=1S/C15H18O4/c1-15(2,3)19-14(17)12-11(9-18-13(12)16)10-7-5-4-6-8-10/h4-8,11-12H,9H2,1-3H3. The van der Waals surface area contributed by atoms with Crippen LogP contribution in [0, 0.1) is 5.92 Å². The molecule has 102 valence electrons. The SMILES string of the molecule is CC(C)(C)OC(=O)C1C(=O)OCC1c1ccccc1. The van der Waals surface area contributed by atoms with E-state index < -0.39 is 23.5 Å². The molecule has 0 radical (unpaired) electrons. The lowest BCUT2D eigenvalue weighted by Crippen LogP contribution is -2.33. The highest BCUT2D eigenvalue weighted by Gasteiger charge is 2.45. The number of carbonyl (C=O) groups is 2. The Morgan fingerprint density at radius 3 is 2.47 bits per heavy atom. The number of carbonyl (C=O) groups excluding carboxylic acids is 2. The molecule has 1 aromatic rings. The Morgan fingerprint density at radius 1 is 1.26 bits per heavy atom. The molecule has 4 nitrogen and oxygen atoms in total. The molecule has 1 saturated heterocycles. The average molecular weight is 262 g/mol. The Labute approximate surface area is 112 Å². The molecule has 0 spiro atoms.